The van der Waals surface area contributed by atoms with Gasteiger partial charge in [-0.3, -0.25) is 19.5 Å². The highest BCUT2D eigenvalue weighted by atomic mass is 79.9. The molecule has 0 spiro atoms. The first-order chi connectivity index (χ1) is 14.4. The van der Waals surface area contributed by atoms with Crippen LogP contribution in [0.15, 0.2) is 77.0 Å². The zero-order chi connectivity index (χ0) is 21.4. The maximum Gasteiger partial charge on any atom is 0.300 e. The lowest BCUT2D eigenvalue weighted by Gasteiger charge is -2.25. The van der Waals surface area contributed by atoms with E-state index in [1.807, 2.05) is 32.0 Å². The minimum atomic E-state index is -0.750. The minimum Gasteiger partial charge on any atom is -0.507 e. The van der Waals surface area contributed by atoms with Gasteiger partial charge in [0, 0.05) is 28.1 Å². The summed E-state index contributed by atoms with van der Waals surface area (Å²) in [6.07, 6.45) is 3.21. The van der Waals surface area contributed by atoms with Crippen LogP contribution in [0.1, 0.15) is 28.3 Å². The van der Waals surface area contributed by atoms with Crippen LogP contribution in [0.2, 0.25) is 0 Å². The summed E-state index contributed by atoms with van der Waals surface area (Å²) >= 11 is 3.44. The number of anilines is 1. The third-order valence-electron chi connectivity index (χ3n) is 5.21. The van der Waals surface area contributed by atoms with Crippen LogP contribution in [-0.2, 0) is 9.59 Å². The predicted octanol–water partition coefficient (Wildman–Crippen LogP) is 5.09. The van der Waals surface area contributed by atoms with Crippen LogP contribution in [0.4, 0.5) is 5.69 Å². The minimum absolute atomic E-state index is 0.0634. The van der Waals surface area contributed by atoms with Crippen LogP contribution in [0, 0.1) is 13.8 Å². The average molecular weight is 463 g/mol. The van der Waals surface area contributed by atoms with E-state index in [-0.39, 0.29) is 11.3 Å². The van der Waals surface area contributed by atoms with Crippen LogP contribution in [0.25, 0.3) is 5.76 Å². The number of benzene rings is 2. The lowest BCUT2D eigenvalue weighted by atomic mass is 9.95. The Morgan fingerprint density at radius 1 is 1.00 bits per heavy atom. The zero-order valence-electron chi connectivity index (χ0n) is 16.5. The van der Waals surface area contributed by atoms with Gasteiger partial charge in [-0.05, 0) is 61.4 Å². The molecule has 30 heavy (non-hydrogen) atoms. The summed E-state index contributed by atoms with van der Waals surface area (Å²) in [5, 5.41) is 11.1. The summed E-state index contributed by atoms with van der Waals surface area (Å²) in [5.74, 6) is -1.58. The topological polar surface area (TPSA) is 70.5 Å². The van der Waals surface area contributed by atoms with Crippen LogP contribution < -0.4 is 4.90 Å². The number of ketones is 1. The summed E-state index contributed by atoms with van der Waals surface area (Å²) < 4.78 is 0.893. The normalized spacial score (nSPS) is 18.1. The number of carbonyl (C=O) groups is 2. The molecule has 2 aromatic carbocycles. The van der Waals surface area contributed by atoms with Crippen molar-refractivity contribution in [2.75, 3.05) is 4.90 Å². The van der Waals surface area contributed by atoms with Crippen molar-refractivity contribution in [1.29, 1.82) is 0 Å². The molecule has 1 unspecified atom stereocenters. The number of hydrogen-bond acceptors (Lipinski definition) is 4. The molecule has 1 amide bonds. The molecule has 0 bridgehead atoms. The Kier molecular flexibility index (Phi) is 5.26. The lowest BCUT2D eigenvalue weighted by molar-refractivity contribution is -0.132. The molecule has 0 radical (unpaired) electrons. The molecular formula is C24H19BrN2O3. The van der Waals surface area contributed by atoms with Gasteiger partial charge in [-0.1, -0.05) is 39.7 Å². The number of pyridine rings is 1. The highest BCUT2D eigenvalue weighted by Gasteiger charge is 2.46. The number of halogens is 1. The molecule has 1 aromatic heterocycles. The van der Waals surface area contributed by atoms with E-state index in [1.165, 1.54) is 4.90 Å². The number of aliphatic hydroxyl groups is 1. The fraction of sp³-hybridized carbons (Fsp3) is 0.125. The molecule has 1 fully saturated rings. The van der Waals surface area contributed by atoms with Gasteiger partial charge < -0.3 is 5.11 Å². The highest BCUT2D eigenvalue weighted by molar-refractivity contribution is 9.10. The number of hydrogen-bond donors (Lipinski definition) is 1. The zero-order valence-corrected chi connectivity index (χ0v) is 18.1. The van der Waals surface area contributed by atoms with Gasteiger partial charge in [0.05, 0.1) is 11.6 Å². The fourth-order valence-electron chi connectivity index (χ4n) is 3.61. The van der Waals surface area contributed by atoms with Crippen LogP contribution >= 0.6 is 15.9 Å². The average Bonchev–Trinajstić information content (AvgIpc) is 3.02. The lowest BCUT2D eigenvalue weighted by Crippen LogP contribution is -2.29. The van der Waals surface area contributed by atoms with E-state index in [9.17, 15) is 14.7 Å². The number of aromatic nitrogens is 1. The number of carbonyl (C=O) groups excluding carboxylic acids is 2. The molecule has 0 saturated carbocycles. The van der Waals surface area contributed by atoms with Crippen molar-refractivity contribution in [3.05, 3.63) is 99.3 Å². The largest absolute Gasteiger partial charge is 0.507 e. The van der Waals surface area contributed by atoms with Crippen molar-refractivity contribution in [3.8, 4) is 0 Å². The Morgan fingerprint density at radius 3 is 2.30 bits per heavy atom. The highest BCUT2D eigenvalue weighted by Crippen LogP contribution is 2.42. The Balaban J connectivity index is 1.94. The maximum absolute atomic E-state index is 13.1. The summed E-state index contributed by atoms with van der Waals surface area (Å²) in [5.41, 5.74) is 3.79. The van der Waals surface area contributed by atoms with Gasteiger partial charge >= 0.3 is 0 Å². The van der Waals surface area contributed by atoms with Crippen molar-refractivity contribution in [2.45, 2.75) is 19.9 Å². The number of nitrogens with zero attached hydrogens (tertiary/aromatic N) is 2. The molecule has 6 heteroatoms. The van der Waals surface area contributed by atoms with Crippen molar-refractivity contribution in [3.63, 3.8) is 0 Å². The van der Waals surface area contributed by atoms with E-state index in [1.54, 1.807) is 48.8 Å². The van der Waals surface area contributed by atoms with Crippen LogP contribution in [-0.4, -0.2) is 21.8 Å². The summed E-state index contributed by atoms with van der Waals surface area (Å²) in [6, 6.07) is 15.4. The molecular weight excluding hydrogens is 444 g/mol. The van der Waals surface area contributed by atoms with Crippen molar-refractivity contribution in [1.82, 2.24) is 4.98 Å². The molecule has 4 rings (SSSR count). The van der Waals surface area contributed by atoms with Gasteiger partial charge in [0.25, 0.3) is 11.7 Å². The Bertz CT molecular complexity index is 1170. The molecule has 1 N–H and O–H groups in total. The van der Waals surface area contributed by atoms with Gasteiger partial charge in [-0.2, -0.15) is 0 Å². The van der Waals surface area contributed by atoms with Crippen molar-refractivity contribution >= 4 is 39.1 Å². The van der Waals surface area contributed by atoms with Gasteiger partial charge in [0.2, 0.25) is 0 Å². The molecule has 150 valence electrons. The Hall–Kier alpha value is -3.25. The van der Waals surface area contributed by atoms with Crippen LogP contribution in [0.3, 0.4) is 0 Å². The first-order valence-electron chi connectivity index (χ1n) is 9.42. The van der Waals surface area contributed by atoms with E-state index in [2.05, 4.69) is 20.9 Å². The maximum atomic E-state index is 13.1. The van der Waals surface area contributed by atoms with Gasteiger partial charge in [0.1, 0.15) is 5.76 Å². The third kappa shape index (κ3) is 3.44. The molecule has 3 aromatic rings. The molecule has 0 aliphatic carbocycles. The van der Waals surface area contributed by atoms with Gasteiger partial charge in [-0.25, -0.2) is 0 Å². The van der Waals surface area contributed by atoms with E-state index < -0.39 is 17.7 Å². The fourth-order valence-corrected chi connectivity index (χ4v) is 3.86. The summed E-state index contributed by atoms with van der Waals surface area (Å²) in [6.45, 7) is 3.85. The monoisotopic (exact) mass is 462 g/mol. The molecule has 2 heterocycles. The molecule has 5 nitrogen and oxygen atoms in total. The smallest absolute Gasteiger partial charge is 0.300 e. The molecule has 1 aliphatic rings. The van der Waals surface area contributed by atoms with E-state index in [0.29, 0.717) is 16.8 Å². The quantitative estimate of drug-likeness (QED) is 0.334. The summed E-state index contributed by atoms with van der Waals surface area (Å²) in [7, 11) is 0. The van der Waals surface area contributed by atoms with Gasteiger partial charge in [-0.15, -0.1) is 0 Å². The predicted molar refractivity (Wildman–Crippen MR) is 119 cm³/mol. The van der Waals surface area contributed by atoms with Gasteiger partial charge in [0.15, 0.2) is 0 Å². The first kappa shape index (κ1) is 20.0. The van der Waals surface area contributed by atoms with Crippen molar-refractivity contribution < 1.29 is 14.7 Å². The van der Waals surface area contributed by atoms with Crippen molar-refractivity contribution in [2.24, 2.45) is 0 Å². The second-order valence-corrected chi connectivity index (χ2v) is 8.10. The molecule has 1 aliphatic heterocycles. The van der Waals surface area contributed by atoms with Crippen LogP contribution in [0.5, 0.6) is 0 Å². The third-order valence-corrected chi connectivity index (χ3v) is 6.10. The SMILES string of the molecule is Cc1ccc(N2C(=O)C(=O)/C(=C(\O)c3ccc(Br)c(C)c3)C2c2ccncc2)cc1. The number of rotatable bonds is 3. The second-order valence-electron chi connectivity index (χ2n) is 7.25. The number of Topliss-reactive ketones (excluding diaryl/α,β-unsaturated/α-hetero) is 1. The first-order valence-corrected chi connectivity index (χ1v) is 10.2. The Morgan fingerprint density at radius 2 is 1.67 bits per heavy atom. The number of aliphatic hydroxyl groups excluding tert-OH is 1. The number of aryl methyl sites for hydroxylation is 2. The van der Waals surface area contributed by atoms with E-state index in [4.69, 9.17) is 0 Å². The molecule has 1 atom stereocenters. The standard InChI is InChI=1S/C24H19BrN2O3/c1-14-3-6-18(7-4-14)27-21(16-9-11-26-12-10-16)20(23(29)24(27)30)22(28)17-5-8-19(25)15(2)13-17/h3-13,21,28H,1-2H3/b22-20-. The van der Waals surface area contributed by atoms with E-state index >= 15 is 0 Å². The van der Waals surface area contributed by atoms with E-state index in [0.717, 1.165) is 15.6 Å². The number of amides is 1. The second kappa shape index (κ2) is 7.88. The summed E-state index contributed by atoms with van der Waals surface area (Å²) in [4.78, 5) is 31.6. The molecule has 1 saturated heterocycles. The Labute approximate surface area is 182 Å².